The quantitative estimate of drug-likeness (QED) is 0.528. The fourth-order valence-corrected chi connectivity index (χ4v) is 0.613. The highest BCUT2D eigenvalue weighted by molar-refractivity contribution is 5.41. The minimum Gasteiger partial charge on any atom is -0.871 e. The van der Waals surface area contributed by atoms with E-state index in [1.807, 2.05) is 0 Å². The van der Waals surface area contributed by atoms with Crippen molar-refractivity contribution >= 4 is 0 Å². The second-order valence-electron chi connectivity index (χ2n) is 1.72. The second-order valence-corrected chi connectivity index (χ2v) is 1.72. The predicted octanol–water partition coefficient (Wildman–Crippen LogP) is 0.771. The van der Waals surface area contributed by atoms with Crippen molar-refractivity contribution in [2.24, 2.45) is 0 Å². The van der Waals surface area contributed by atoms with Crippen LogP contribution in [0.3, 0.4) is 0 Å². The summed E-state index contributed by atoms with van der Waals surface area (Å²) in [6, 6.07) is 4.99. The maximum atomic E-state index is 12.4. The molecule has 1 aromatic rings. The number of nitriles is 1. The number of hydrogen-bond acceptors (Lipinski definition) is 2. The number of benzene rings is 1. The molecule has 1 aromatic carbocycles. The largest absolute Gasteiger partial charge is 0.871 e. The lowest BCUT2D eigenvalue weighted by Gasteiger charge is -2.05. The number of nitrogens with zero attached hydrogens (tertiary/aromatic N) is 1. The van der Waals surface area contributed by atoms with Gasteiger partial charge in [0.1, 0.15) is 11.9 Å². The number of rotatable bonds is 0. The molecule has 1 rings (SSSR count). The lowest BCUT2D eigenvalue weighted by molar-refractivity contribution is -0.268. The molecular formula is C7H3FNO-. The average Bonchev–Trinajstić information content (AvgIpc) is 1.88. The Labute approximate surface area is 57.1 Å². The van der Waals surface area contributed by atoms with E-state index in [-0.39, 0.29) is 0 Å². The van der Waals surface area contributed by atoms with Gasteiger partial charge in [-0.15, -0.1) is 0 Å². The molecule has 0 amide bonds. The topological polar surface area (TPSA) is 46.8 Å². The summed E-state index contributed by atoms with van der Waals surface area (Å²) >= 11 is 0. The van der Waals surface area contributed by atoms with Gasteiger partial charge in [-0.2, -0.15) is 5.26 Å². The van der Waals surface area contributed by atoms with Crippen LogP contribution in [0.4, 0.5) is 4.39 Å². The molecule has 50 valence electrons. The van der Waals surface area contributed by atoms with Crippen molar-refractivity contribution < 1.29 is 9.50 Å². The summed E-state index contributed by atoms with van der Waals surface area (Å²) in [5.74, 6) is -1.32. The summed E-state index contributed by atoms with van der Waals surface area (Å²) in [5, 5.41) is 18.8. The van der Waals surface area contributed by atoms with Crippen molar-refractivity contribution in [2.75, 3.05) is 0 Å². The predicted molar refractivity (Wildman–Crippen MR) is 30.6 cm³/mol. The Morgan fingerprint density at radius 2 is 2.20 bits per heavy atom. The van der Waals surface area contributed by atoms with Gasteiger partial charge in [-0.25, -0.2) is 4.39 Å². The molecule has 0 heterocycles. The zero-order valence-corrected chi connectivity index (χ0v) is 4.97. The van der Waals surface area contributed by atoms with Gasteiger partial charge in [0, 0.05) is 0 Å². The van der Waals surface area contributed by atoms with Crippen LogP contribution in [0.15, 0.2) is 18.2 Å². The van der Waals surface area contributed by atoms with Gasteiger partial charge in [-0.3, -0.25) is 0 Å². The molecule has 0 spiro atoms. The molecule has 0 aromatic heterocycles. The first-order chi connectivity index (χ1) is 4.75. The van der Waals surface area contributed by atoms with Gasteiger partial charge in [-0.05, 0) is 6.07 Å². The molecular weight excluding hydrogens is 133 g/mol. The highest BCUT2D eigenvalue weighted by Crippen LogP contribution is 2.14. The van der Waals surface area contributed by atoms with Crippen molar-refractivity contribution in [3.63, 3.8) is 0 Å². The van der Waals surface area contributed by atoms with Gasteiger partial charge in [0.25, 0.3) is 0 Å². The van der Waals surface area contributed by atoms with Crippen LogP contribution in [-0.4, -0.2) is 0 Å². The van der Waals surface area contributed by atoms with Crippen LogP contribution in [0.1, 0.15) is 5.56 Å². The molecule has 0 aliphatic heterocycles. The maximum Gasteiger partial charge on any atom is 0.140 e. The summed E-state index contributed by atoms with van der Waals surface area (Å²) in [6.45, 7) is 0. The molecule has 0 aliphatic carbocycles. The Hall–Kier alpha value is -1.56. The molecule has 0 saturated heterocycles. The molecule has 3 heteroatoms. The first-order valence-corrected chi connectivity index (χ1v) is 2.61. The summed E-state index contributed by atoms with van der Waals surface area (Å²) in [7, 11) is 0. The van der Waals surface area contributed by atoms with E-state index >= 15 is 0 Å². The first kappa shape index (κ1) is 6.56. The van der Waals surface area contributed by atoms with Crippen LogP contribution in [-0.2, 0) is 0 Å². The Balaban J connectivity index is 3.34. The van der Waals surface area contributed by atoms with Gasteiger partial charge >= 0.3 is 0 Å². The Morgan fingerprint density at radius 1 is 1.50 bits per heavy atom. The minimum atomic E-state index is -0.755. The fraction of sp³-hybridized carbons (Fsp3) is 0. The van der Waals surface area contributed by atoms with E-state index in [2.05, 4.69) is 0 Å². The van der Waals surface area contributed by atoms with Crippen LogP contribution in [0.5, 0.6) is 5.75 Å². The molecule has 0 saturated carbocycles. The Morgan fingerprint density at radius 3 is 2.60 bits per heavy atom. The highest BCUT2D eigenvalue weighted by Gasteiger charge is 1.97. The summed E-state index contributed by atoms with van der Waals surface area (Å²) in [4.78, 5) is 0. The van der Waals surface area contributed by atoms with Crippen molar-refractivity contribution in [2.45, 2.75) is 0 Å². The third kappa shape index (κ3) is 0.914. The van der Waals surface area contributed by atoms with Crippen LogP contribution in [0, 0.1) is 17.1 Å². The molecule has 0 radical (unpaired) electrons. The molecule has 0 fully saturated rings. The smallest absolute Gasteiger partial charge is 0.140 e. The van der Waals surface area contributed by atoms with Gasteiger partial charge < -0.3 is 5.11 Å². The summed E-state index contributed by atoms with van der Waals surface area (Å²) in [6.07, 6.45) is 0. The number of halogens is 1. The molecule has 10 heavy (non-hydrogen) atoms. The molecule has 0 aliphatic rings. The maximum absolute atomic E-state index is 12.4. The fourth-order valence-electron chi connectivity index (χ4n) is 0.613. The summed E-state index contributed by atoms with van der Waals surface area (Å²) < 4.78 is 12.4. The van der Waals surface area contributed by atoms with E-state index in [0.717, 1.165) is 12.1 Å². The lowest BCUT2D eigenvalue weighted by atomic mass is 10.2. The third-order valence-electron chi connectivity index (χ3n) is 1.09. The molecule has 2 nitrogen and oxygen atoms in total. The summed E-state index contributed by atoms with van der Waals surface area (Å²) in [5.41, 5.74) is -0.414. The van der Waals surface area contributed by atoms with Crippen molar-refractivity contribution in [3.8, 4) is 11.8 Å². The van der Waals surface area contributed by atoms with Crippen molar-refractivity contribution in [1.29, 1.82) is 5.26 Å². The van der Waals surface area contributed by atoms with Gasteiger partial charge in [0.2, 0.25) is 0 Å². The average molecular weight is 136 g/mol. The zero-order valence-electron chi connectivity index (χ0n) is 4.97. The van der Waals surface area contributed by atoms with Crippen LogP contribution in [0.25, 0.3) is 0 Å². The Bertz CT molecular complexity index is 270. The molecule has 0 atom stereocenters. The van der Waals surface area contributed by atoms with Crippen molar-refractivity contribution in [1.82, 2.24) is 0 Å². The third-order valence-corrected chi connectivity index (χ3v) is 1.09. The Kier molecular flexibility index (Phi) is 1.55. The van der Waals surface area contributed by atoms with E-state index in [1.54, 1.807) is 0 Å². The van der Waals surface area contributed by atoms with Crippen LogP contribution >= 0.6 is 0 Å². The molecule has 0 unspecified atom stereocenters. The van der Waals surface area contributed by atoms with Crippen molar-refractivity contribution in [3.05, 3.63) is 29.6 Å². The van der Waals surface area contributed by atoms with E-state index in [9.17, 15) is 9.50 Å². The normalized spacial score (nSPS) is 8.80. The SMILES string of the molecule is N#Cc1c([O-])cccc1F. The van der Waals surface area contributed by atoms with E-state index in [0.29, 0.717) is 0 Å². The standard InChI is InChI=1S/C7H4FNO/c8-6-2-1-3-7(10)5(6)4-9/h1-3,10H/p-1. The number of hydrogen-bond donors (Lipinski definition) is 0. The van der Waals surface area contributed by atoms with Gasteiger partial charge in [0.15, 0.2) is 0 Å². The minimum absolute atomic E-state index is 0.414. The molecule has 0 bridgehead atoms. The monoisotopic (exact) mass is 136 g/mol. The lowest BCUT2D eigenvalue weighted by Crippen LogP contribution is -1.95. The van der Waals surface area contributed by atoms with E-state index in [4.69, 9.17) is 5.26 Å². The van der Waals surface area contributed by atoms with Gasteiger partial charge in [-0.1, -0.05) is 17.9 Å². The van der Waals surface area contributed by atoms with E-state index < -0.39 is 17.1 Å². The van der Waals surface area contributed by atoms with E-state index in [1.165, 1.54) is 12.1 Å². The highest BCUT2D eigenvalue weighted by atomic mass is 19.1. The molecule has 0 N–H and O–H groups in total. The van der Waals surface area contributed by atoms with Crippen LogP contribution < -0.4 is 5.11 Å². The van der Waals surface area contributed by atoms with Gasteiger partial charge in [0.05, 0.1) is 5.56 Å². The second kappa shape index (κ2) is 2.36. The van der Waals surface area contributed by atoms with Crippen LogP contribution in [0.2, 0.25) is 0 Å². The zero-order chi connectivity index (χ0) is 7.56. The first-order valence-electron chi connectivity index (χ1n) is 2.61.